The van der Waals surface area contributed by atoms with Crippen molar-refractivity contribution >= 4 is 11.8 Å². The summed E-state index contributed by atoms with van der Waals surface area (Å²) < 4.78 is 67.3. The highest BCUT2D eigenvalue weighted by Crippen LogP contribution is 2.35. The van der Waals surface area contributed by atoms with Crippen LogP contribution < -0.4 is 10.3 Å². The van der Waals surface area contributed by atoms with Gasteiger partial charge < -0.3 is 14.6 Å². The smallest absolute Gasteiger partial charge is 0.435 e. The number of alkyl halides is 3. The van der Waals surface area contributed by atoms with E-state index in [-0.39, 0.29) is 11.4 Å². The number of ketones is 1. The van der Waals surface area contributed by atoms with Gasteiger partial charge in [-0.1, -0.05) is 12.1 Å². The Labute approximate surface area is 217 Å². The minimum Gasteiger partial charge on any atom is -0.497 e. The van der Waals surface area contributed by atoms with E-state index < -0.39 is 51.9 Å². The Bertz CT molecular complexity index is 1610. The molecule has 0 spiro atoms. The second-order valence-corrected chi connectivity index (χ2v) is 8.13. The van der Waals surface area contributed by atoms with Crippen molar-refractivity contribution in [1.82, 2.24) is 14.3 Å². The van der Waals surface area contributed by atoms with Crippen molar-refractivity contribution in [1.29, 1.82) is 0 Å². The van der Waals surface area contributed by atoms with Gasteiger partial charge in [0, 0.05) is 23.9 Å². The van der Waals surface area contributed by atoms with Crippen LogP contribution in [0, 0.1) is 5.82 Å². The van der Waals surface area contributed by atoms with Crippen LogP contribution in [0.1, 0.15) is 21.7 Å². The SMILES string of the molecule is COC(=O)C(O)(C(=O)c1cc(C(F)(F)F)nn1-c1ccc(OC)cc1)c1ccc(-n2ccccc2=O)cc1F. The summed E-state index contributed by atoms with van der Waals surface area (Å²) in [6, 6.07) is 12.6. The molecule has 0 saturated heterocycles. The monoisotopic (exact) mass is 545 g/mol. The highest BCUT2D eigenvalue weighted by Gasteiger charge is 2.51. The van der Waals surface area contributed by atoms with Crippen molar-refractivity contribution < 1.29 is 41.7 Å². The summed E-state index contributed by atoms with van der Waals surface area (Å²) in [4.78, 5) is 38.5. The van der Waals surface area contributed by atoms with Gasteiger partial charge in [-0.05, 0) is 42.5 Å². The largest absolute Gasteiger partial charge is 0.497 e. The average Bonchev–Trinajstić information content (AvgIpc) is 3.38. The number of pyridine rings is 1. The quantitative estimate of drug-likeness (QED) is 0.164. The van der Waals surface area contributed by atoms with Crippen molar-refractivity contribution in [2.24, 2.45) is 0 Å². The van der Waals surface area contributed by atoms with Crippen LogP contribution in [0.15, 0.2) is 77.7 Å². The van der Waals surface area contributed by atoms with Crippen molar-refractivity contribution in [3.63, 3.8) is 0 Å². The molecule has 4 rings (SSSR count). The van der Waals surface area contributed by atoms with Crippen molar-refractivity contribution in [2.75, 3.05) is 14.2 Å². The molecule has 1 atom stereocenters. The Kier molecular flexibility index (Phi) is 7.11. The Balaban J connectivity index is 1.90. The fraction of sp³-hybridized carbons (Fsp3) is 0.154. The molecule has 2 heterocycles. The standard InChI is InChI=1S/C26H19F4N3O6/c1-38-17-9-6-15(7-10-17)33-20(14-21(31-33)26(28,29)30)23(35)25(37,24(36)39-2)18-11-8-16(13-19(18)27)32-12-4-3-5-22(32)34/h3-14,37H,1-2H3. The van der Waals surface area contributed by atoms with Crippen LogP contribution in [-0.4, -0.2) is 45.4 Å². The molecule has 39 heavy (non-hydrogen) atoms. The molecule has 13 heteroatoms. The lowest BCUT2D eigenvalue weighted by Gasteiger charge is -2.25. The van der Waals surface area contributed by atoms with E-state index in [0.717, 1.165) is 29.9 Å². The number of hydrogen-bond acceptors (Lipinski definition) is 7. The Morgan fingerprint density at radius 1 is 0.949 bits per heavy atom. The molecule has 0 aliphatic carbocycles. The Morgan fingerprint density at radius 3 is 2.18 bits per heavy atom. The van der Waals surface area contributed by atoms with Crippen molar-refractivity contribution in [2.45, 2.75) is 11.8 Å². The number of ether oxygens (including phenoxy) is 2. The molecular formula is C26H19F4N3O6. The van der Waals surface area contributed by atoms with E-state index >= 15 is 4.39 Å². The number of halogens is 4. The first-order valence-electron chi connectivity index (χ1n) is 11.1. The van der Waals surface area contributed by atoms with E-state index in [4.69, 9.17) is 4.74 Å². The molecule has 1 unspecified atom stereocenters. The van der Waals surface area contributed by atoms with E-state index in [1.165, 1.54) is 55.8 Å². The molecule has 202 valence electrons. The van der Waals surface area contributed by atoms with E-state index in [2.05, 4.69) is 9.84 Å². The minimum atomic E-state index is -5.01. The number of aliphatic hydroxyl groups is 1. The maximum Gasteiger partial charge on any atom is 0.435 e. The first-order chi connectivity index (χ1) is 18.4. The minimum absolute atomic E-state index is 0.0100. The second kappa shape index (κ2) is 10.2. The molecule has 0 amide bonds. The lowest BCUT2D eigenvalue weighted by molar-refractivity contribution is -0.158. The summed E-state index contributed by atoms with van der Waals surface area (Å²) in [6.07, 6.45) is -3.67. The van der Waals surface area contributed by atoms with E-state index in [0.29, 0.717) is 16.5 Å². The molecule has 0 aliphatic heterocycles. The van der Waals surface area contributed by atoms with Gasteiger partial charge in [0.1, 0.15) is 17.3 Å². The normalized spacial score (nSPS) is 13.0. The van der Waals surface area contributed by atoms with Crippen LogP contribution in [0.4, 0.5) is 17.6 Å². The summed E-state index contributed by atoms with van der Waals surface area (Å²) in [5, 5.41) is 14.8. The zero-order valence-corrected chi connectivity index (χ0v) is 20.3. The Hall–Kier alpha value is -4.78. The van der Waals surface area contributed by atoms with Gasteiger partial charge in [-0.3, -0.25) is 14.2 Å². The molecule has 2 aromatic carbocycles. The van der Waals surface area contributed by atoms with Gasteiger partial charge >= 0.3 is 12.1 Å². The number of rotatable bonds is 7. The molecule has 0 radical (unpaired) electrons. The summed E-state index contributed by atoms with van der Waals surface area (Å²) >= 11 is 0. The predicted octanol–water partition coefficient (Wildman–Crippen LogP) is 3.43. The second-order valence-electron chi connectivity index (χ2n) is 8.13. The predicted molar refractivity (Wildman–Crippen MR) is 127 cm³/mol. The van der Waals surface area contributed by atoms with Crippen LogP contribution >= 0.6 is 0 Å². The van der Waals surface area contributed by atoms with E-state index in [9.17, 15) is 32.7 Å². The van der Waals surface area contributed by atoms with Crippen LogP contribution in [0.25, 0.3) is 11.4 Å². The van der Waals surface area contributed by atoms with E-state index in [1.54, 1.807) is 0 Å². The number of esters is 1. The molecule has 9 nitrogen and oxygen atoms in total. The maximum absolute atomic E-state index is 15.4. The molecule has 2 aromatic heterocycles. The number of nitrogens with zero attached hydrogens (tertiary/aromatic N) is 3. The molecule has 0 bridgehead atoms. The van der Waals surface area contributed by atoms with Gasteiger partial charge in [0.2, 0.25) is 5.78 Å². The van der Waals surface area contributed by atoms with Gasteiger partial charge in [-0.15, -0.1) is 0 Å². The average molecular weight is 545 g/mol. The van der Waals surface area contributed by atoms with E-state index in [1.807, 2.05) is 0 Å². The fourth-order valence-electron chi connectivity index (χ4n) is 3.85. The number of aromatic nitrogens is 3. The zero-order valence-electron chi connectivity index (χ0n) is 20.3. The first kappa shape index (κ1) is 27.3. The van der Waals surface area contributed by atoms with Crippen LogP contribution in [0.2, 0.25) is 0 Å². The third-order valence-corrected chi connectivity index (χ3v) is 5.80. The van der Waals surface area contributed by atoms with Crippen LogP contribution in [0.5, 0.6) is 5.75 Å². The number of benzene rings is 2. The maximum atomic E-state index is 15.4. The number of carbonyl (C=O) groups is 2. The molecule has 0 saturated carbocycles. The van der Waals surface area contributed by atoms with Gasteiger partial charge in [0.15, 0.2) is 5.69 Å². The third-order valence-electron chi connectivity index (χ3n) is 5.80. The summed E-state index contributed by atoms with van der Waals surface area (Å²) in [5.74, 6) is -4.26. The molecule has 1 N–H and O–H groups in total. The highest BCUT2D eigenvalue weighted by molar-refractivity contribution is 6.15. The van der Waals surface area contributed by atoms with Crippen LogP contribution in [-0.2, 0) is 21.3 Å². The summed E-state index contributed by atoms with van der Waals surface area (Å²) in [7, 11) is 2.17. The number of carbonyl (C=O) groups excluding carboxylic acids is 2. The first-order valence-corrected chi connectivity index (χ1v) is 11.1. The molecular weight excluding hydrogens is 526 g/mol. The summed E-state index contributed by atoms with van der Waals surface area (Å²) in [6.45, 7) is 0. The third kappa shape index (κ3) is 4.91. The number of methoxy groups -OCH3 is 2. The number of hydrogen-bond donors (Lipinski definition) is 1. The van der Waals surface area contributed by atoms with Crippen molar-refractivity contribution in [3.8, 4) is 17.1 Å². The van der Waals surface area contributed by atoms with Gasteiger partial charge in [-0.2, -0.15) is 18.3 Å². The lowest BCUT2D eigenvalue weighted by Crippen LogP contribution is -2.46. The topological polar surface area (TPSA) is 113 Å². The van der Waals surface area contributed by atoms with Gasteiger partial charge in [0.25, 0.3) is 11.2 Å². The number of Topliss-reactive ketones (excluding diaryl/α,β-unsaturated/α-hetero) is 1. The lowest BCUT2D eigenvalue weighted by atomic mass is 9.87. The van der Waals surface area contributed by atoms with Crippen LogP contribution in [0.3, 0.4) is 0 Å². The molecule has 4 aromatic rings. The van der Waals surface area contributed by atoms with Crippen molar-refractivity contribution in [3.05, 3.63) is 106 Å². The fourth-order valence-corrected chi connectivity index (χ4v) is 3.85. The van der Waals surface area contributed by atoms with Gasteiger partial charge in [0.05, 0.1) is 25.6 Å². The summed E-state index contributed by atoms with van der Waals surface area (Å²) in [5.41, 5.74) is -7.32. The van der Waals surface area contributed by atoms with Gasteiger partial charge in [-0.25, -0.2) is 13.9 Å². The molecule has 0 fully saturated rings. The highest BCUT2D eigenvalue weighted by atomic mass is 19.4. The Morgan fingerprint density at radius 2 is 1.62 bits per heavy atom. The molecule has 0 aliphatic rings. The zero-order chi connectivity index (χ0) is 28.5.